The van der Waals surface area contributed by atoms with E-state index < -0.39 is 31.6 Å². The highest BCUT2D eigenvalue weighted by Gasteiger charge is 2.17. The van der Waals surface area contributed by atoms with Crippen molar-refractivity contribution in [2.24, 2.45) is 0 Å². The van der Waals surface area contributed by atoms with Gasteiger partial charge in [0.15, 0.2) is 24.8 Å². The number of ether oxygens (including phenoxy) is 2. The Labute approximate surface area is 169 Å². The Morgan fingerprint density at radius 1 is 0.724 bits per heavy atom. The summed E-state index contributed by atoms with van der Waals surface area (Å²) in [5, 5.41) is 0. The van der Waals surface area contributed by atoms with Crippen LogP contribution in [-0.4, -0.2) is 36.7 Å². The molecule has 0 radical (unpaired) electrons. The lowest BCUT2D eigenvalue weighted by Crippen LogP contribution is -2.19. The highest BCUT2D eigenvalue weighted by atomic mass is 16.5. The van der Waals surface area contributed by atoms with E-state index in [1.807, 2.05) is 13.8 Å². The number of carbonyl (C=O) groups is 4. The predicted molar refractivity (Wildman–Crippen MR) is 107 cm³/mol. The number of benzene rings is 2. The molecule has 0 spiro atoms. The molecule has 29 heavy (non-hydrogen) atoms. The SMILES string of the molecule is C=C(CC(=O)OCC(=O)c1ccc(C)cc1)C(=O)OCC(=O)c1ccc(C)cc1. The fraction of sp³-hybridized carbons (Fsp3) is 0.217. The van der Waals surface area contributed by atoms with Crippen LogP contribution in [0.3, 0.4) is 0 Å². The minimum atomic E-state index is -0.868. The van der Waals surface area contributed by atoms with E-state index in [1.165, 1.54) is 0 Å². The van der Waals surface area contributed by atoms with Crippen LogP contribution >= 0.6 is 0 Å². The summed E-state index contributed by atoms with van der Waals surface area (Å²) in [7, 11) is 0. The summed E-state index contributed by atoms with van der Waals surface area (Å²) >= 11 is 0. The lowest BCUT2D eigenvalue weighted by Gasteiger charge is -2.08. The van der Waals surface area contributed by atoms with Crippen molar-refractivity contribution >= 4 is 23.5 Å². The summed E-state index contributed by atoms with van der Waals surface area (Å²) in [6.45, 7) is 6.38. The average molecular weight is 394 g/mol. The fourth-order valence-corrected chi connectivity index (χ4v) is 2.32. The van der Waals surface area contributed by atoms with Crippen molar-refractivity contribution in [1.82, 2.24) is 0 Å². The number of hydrogen-bond acceptors (Lipinski definition) is 6. The smallest absolute Gasteiger partial charge is 0.334 e. The van der Waals surface area contributed by atoms with Gasteiger partial charge in [0, 0.05) is 16.7 Å². The molecule has 0 unspecified atom stereocenters. The van der Waals surface area contributed by atoms with E-state index in [-0.39, 0.29) is 17.1 Å². The standard InChI is InChI=1S/C23H22O6/c1-15-4-8-18(9-5-15)20(24)13-28-22(26)12-17(3)23(27)29-14-21(25)19-10-6-16(2)7-11-19/h4-11H,3,12-14H2,1-2H3. The van der Waals surface area contributed by atoms with Crippen LogP contribution in [0.15, 0.2) is 60.7 Å². The van der Waals surface area contributed by atoms with E-state index >= 15 is 0 Å². The number of rotatable bonds is 9. The number of ketones is 2. The van der Waals surface area contributed by atoms with Gasteiger partial charge in [0.1, 0.15) is 0 Å². The van der Waals surface area contributed by atoms with Gasteiger partial charge in [-0.3, -0.25) is 14.4 Å². The van der Waals surface area contributed by atoms with E-state index in [1.54, 1.807) is 48.5 Å². The van der Waals surface area contributed by atoms with Gasteiger partial charge in [-0.2, -0.15) is 0 Å². The normalized spacial score (nSPS) is 10.1. The van der Waals surface area contributed by atoms with Crippen molar-refractivity contribution in [3.63, 3.8) is 0 Å². The minimum Gasteiger partial charge on any atom is -0.457 e. The second-order valence-electron chi connectivity index (χ2n) is 6.60. The Bertz CT molecular complexity index is 923. The lowest BCUT2D eigenvalue weighted by molar-refractivity contribution is -0.145. The molecule has 2 aromatic carbocycles. The molecular weight excluding hydrogens is 372 g/mol. The van der Waals surface area contributed by atoms with Gasteiger partial charge in [0.25, 0.3) is 0 Å². The Morgan fingerprint density at radius 2 is 1.14 bits per heavy atom. The first kappa shape index (κ1) is 21.8. The summed E-state index contributed by atoms with van der Waals surface area (Å²) in [6, 6.07) is 13.7. The number of hydrogen-bond donors (Lipinski definition) is 0. The molecule has 2 aromatic rings. The molecule has 0 saturated carbocycles. The maximum absolute atomic E-state index is 12.0. The fourth-order valence-electron chi connectivity index (χ4n) is 2.32. The topological polar surface area (TPSA) is 86.7 Å². The highest BCUT2D eigenvalue weighted by Crippen LogP contribution is 2.08. The zero-order valence-corrected chi connectivity index (χ0v) is 16.4. The van der Waals surface area contributed by atoms with Gasteiger partial charge >= 0.3 is 11.9 Å². The van der Waals surface area contributed by atoms with E-state index in [0.717, 1.165) is 11.1 Å². The van der Waals surface area contributed by atoms with Crippen LogP contribution in [0.2, 0.25) is 0 Å². The predicted octanol–water partition coefficient (Wildman–Crippen LogP) is 3.40. The van der Waals surface area contributed by atoms with Crippen LogP contribution in [0.4, 0.5) is 0 Å². The third kappa shape index (κ3) is 6.84. The maximum atomic E-state index is 12.0. The lowest BCUT2D eigenvalue weighted by atomic mass is 10.1. The summed E-state index contributed by atoms with van der Waals surface area (Å²) in [5.74, 6) is -2.36. The van der Waals surface area contributed by atoms with Gasteiger partial charge in [-0.25, -0.2) is 4.79 Å². The van der Waals surface area contributed by atoms with Gasteiger partial charge in [-0.1, -0.05) is 66.2 Å². The Kier molecular flexibility index (Phi) is 7.60. The maximum Gasteiger partial charge on any atom is 0.334 e. The molecule has 2 rings (SSSR count). The summed E-state index contributed by atoms with van der Waals surface area (Å²) in [5.41, 5.74) is 2.70. The molecule has 0 atom stereocenters. The summed E-state index contributed by atoms with van der Waals surface area (Å²) < 4.78 is 9.79. The molecule has 0 heterocycles. The molecule has 0 amide bonds. The number of carbonyl (C=O) groups excluding carboxylic acids is 4. The van der Waals surface area contributed by atoms with Crippen LogP contribution in [0, 0.1) is 13.8 Å². The zero-order valence-electron chi connectivity index (χ0n) is 16.4. The molecule has 0 aromatic heterocycles. The highest BCUT2D eigenvalue weighted by molar-refractivity contribution is 6.00. The van der Waals surface area contributed by atoms with Crippen molar-refractivity contribution in [3.05, 3.63) is 82.9 Å². The quantitative estimate of drug-likeness (QED) is 0.368. The van der Waals surface area contributed by atoms with Crippen LogP contribution in [0.25, 0.3) is 0 Å². The molecule has 6 nitrogen and oxygen atoms in total. The van der Waals surface area contributed by atoms with E-state index in [4.69, 9.17) is 9.47 Å². The molecule has 0 aliphatic carbocycles. The van der Waals surface area contributed by atoms with E-state index in [2.05, 4.69) is 6.58 Å². The van der Waals surface area contributed by atoms with Gasteiger partial charge in [0.05, 0.1) is 6.42 Å². The molecule has 6 heteroatoms. The first-order valence-electron chi connectivity index (χ1n) is 8.96. The van der Waals surface area contributed by atoms with Crippen molar-refractivity contribution in [2.75, 3.05) is 13.2 Å². The van der Waals surface area contributed by atoms with Crippen molar-refractivity contribution < 1.29 is 28.7 Å². The molecule has 0 N–H and O–H groups in total. The van der Waals surface area contributed by atoms with E-state index in [0.29, 0.717) is 11.1 Å². The first-order valence-corrected chi connectivity index (χ1v) is 8.96. The van der Waals surface area contributed by atoms with Gasteiger partial charge in [-0.05, 0) is 13.8 Å². The summed E-state index contributed by atoms with van der Waals surface area (Å²) in [6.07, 6.45) is -0.432. The molecular formula is C23H22O6. The zero-order chi connectivity index (χ0) is 21.4. The third-order valence-corrected chi connectivity index (χ3v) is 4.09. The molecule has 0 aliphatic heterocycles. The molecule has 150 valence electrons. The number of Topliss-reactive ketones (excluding diaryl/α,β-unsaturated/α-hetero) is 2. The van der Waals surface area contributed by atoms with Gasteiger partial charge in [0.2, 0.25) is 0 Å². The van der Waals surface area contributed by atoms with Crippen LogP contribution in [-0.2, 0) is 19.1 Å². The third-order valence-electron chi connectivity index (χ3n) is 4.09. The molecule has 0 saturated heterocycles. The monoisotopic (exact) mass is 394 g/mol. The average Bonchev–Trinajstić information content (AvgIpc) is 2.71. The Hall–Kier alpha value is -3.54. The number of aryl methyl sites for hydroxylation is 2. The second-order valence-corrected chi connectivity index (χ2v) is 6.60. The van der Waals surface area contributed by atoms with Crippen molar-refractivity contribution in [3.8, 4) is 0 Å². The molecule has 0 fully saturated rings. The minimum absolute atomic E-state index is 0.158. The first-order chi connectivity index (χ1) is 13.8. The summed E-state index contributed by atoms with van der Waals surface area (Å²) in [4.78, 5) is 47.7. The molecule has 0 bridgehead atoms. The Balaban J connectivity index is 1.75. The van der Waals surface area contributed by atoms with Crippen molar-refractivity contribution in [1.29, 1.82) is 0 Å². The Morgan fingerprint density at radius 3 is 1.59 bits per heavy atom. The van der Waals surface area contributed by atoms with E-state index in [9.17, 15) is 19.2 Å². The van der Waals surface area contributed by atoms with Crippen LogP contribution in [0.5, 0.6) is 0 Å². The van der Waals surface area contributed by atoms with Gasteiger partial charge in [-0.15, -0.1) is 0 Å². The van der Waals surface area contributed by atoms with Crippen LogP contribution in [0.1, 0.15) is 38.3 Å². The molecule has 0 aliphatic rings. The van der Waals surface area contributed by atoms with Gasteiger partial charge < -0.3 is 9.47 Å². The van der Waals surface area contributed by atoms with Crippen LogP contribution < -0.4 is 0 Å². The second kappa shape index (κ2) is 10.1. The number of esters is 2. The van der Waals surface area contributed by atoms with Crippen molar-refractivity contribution in [2.45, 2.75) is 20.3 Å². The largest absolute Gasteiger partial charge is 0.457 e.